The molecular weight excluding hydrogens is 679 g/mol. The molecule has 0 spiro atoms. The maximum Gasteiger partial charge on any atom is 0.254 e. The molecule has 52 heavy (non-hydrogen) atoms. The van der Waals surface area contributed by atoms with Crippen LogP contribution in [0.1, 0.15) is 93.3 Å². The van der Waals surface area contributed by atoms with Crippen LogP contribution in [-0.4, -0.2) is 80.4 Å². The number of aliphatic hydroxyl groups is 1. The van der Waals surface area contributed by atoms with Crippen molar-refractivity contribution in [2.75, 3.05) is 5.88 Å². The van der Waals surface area contributed by atoms with Crippen LogP contribution in [0.5, 0.6) is 0 Å². The van der Waals surface area contributed by atoms with Crippen LogP contribution >= 0.6 is 11.8 Å². The van der Waals surface area contributed by atoms with Crippen LogP contribution in [-0.2, 0) is 30.4 Å². The first kappa shape index (κ1) is 42.5. The fourth-order valence-electron chi connectivity index (χ4n) is 5.79. The molecule has 6 atom stereocenters. The Balaban J connectivity index is 1.94. The third-order valence-corrected chi connectivity index (χ3v) is 10.8. The summed E-state index contributed by atoms with van der Waals surface area (Å²) in [6, 6.07) is 13.6. The van der Waals surface area contributed by atoms with Crippen LogP contribution in [0, 0.1) is 16.7 Å². The van der Waals surface area contributed by atoms with Crippen molar-refractivity contribution >= 4 is 41.3 Å². The standard InChI is InChI=1S/C40H59N5O6S/c1-24(2)25(3)41-35(49)32-40(10,11)52-23-45(32)36(50)30(46)28(22-26-18-14-12-15-19-26)42-34(48)31(38(4,5)6)44-33(47)29(27-20-16-13-17-21-27)43-37(51)39(7,8)9/h12-21,24-25,28-32,46H,22-23H2,1-11H3,(H,41,49)(H,42,48)(H,43,51)(H,44,47)/t25?,28-,29-,30-,31+,32+/m0/s1. The number of hydrogen-bond acceptors (Lipinski definition) is 7. The third kappa shape index (κ3) is 11.1. The molecule has 0 saturated carbocycles. The minimum Gasteiger partial charge on any atom is -0.381 e. The number of amides is 5. The van der Waals surface area contributed by atoms with Crippen LogP contribution in [0.3, 0.4) is 0 Å². The Morgan fingerprint density at radius 1 is 0.827 bits per heavy atom. The molecule has 2 aromatic carbocycles. The van der Waals surface area contributed by atoms with E-state index in [9.17, 15) is 29.1 Å². The maximum atomic E-state index is 14.3. The van der Waals surface area contributed by atoms with Crippen molar-refractivity contribution in [1.29, 1.82) is 0 Å². The molecule has 11 nitrogen and oxygen atoms in total. The lowest BCUT2D eigenvalue weighted by molar-refractivity contribution is -0.148. The molecule has 2 aromatic rings. The van der Waals surface area contributed by atoms with E-state index in [0.29, 0.717) is 5.56 Å². The average molecular weight is 738 g/mol. The van der Waals surface area contributed by atoms with Gasteiger partial charge in [-0.25, -0.2) is 0 Å². The monoisotopic (exact) mass is 737 g/mol. The minimum absolute atomic E-state index is 0.101. The van der Waals surface area contributed by atoms with E-state index in [4.69, 9.17) is 0 Å². The van der Waals surface area contributed by atoms with Crippen molar-refractivity contribution < 1.29 is 29.1 Å². The lowest BCUT2D eigenvalue weighted by Crippen LogP contribution is -2.62. The van der Waals surface area contributed by atoms with Gasteiger partial charge in [0.05, 0.1) is 11.9 Å². The SMILES string of the molecule is CC(C)C(C)NC(=O)[C@H]1N(C(=O)[C@@H](O)[C@H](Cc2ccccc2)NC(=O)[C@@H](NC(=O)[C@@H](NC(=O)C(C)(C)C)c2ccccc2)C(C)(C)C)CSC1(C)C. The van der Waals surface area contributed by atoms with Gasteiger partial charge in [0.2, 0.25) is 23.6 Å². The Morgan fingerprint density at radius 3 is 1.90 bits per heavy atom. The molecule has 1 fully saturated rings. The van der Waals surface area contributed by atoms with E-state index in [2.05, 4.69) is 21.3 Å². The first-order chi connectivity index (χ1) is 24.0. The normalized spacial score (nSPS) is 18.8. The highest BCUT2D eigenvalue weighted by Crippen LogP contribution is 2.40. The summed E-state index contributed by atoms with van der Waals surface area (Å²) in [4.78, 5) is 70.5. The third-order valence-electron chi connectivity index (χ3n) is 9.47. The van der Waals surface area contributed by atoms with Crippen molar-refractivity contribution in [1.82, 2.24) is 26.2 Å². The molecule has 0 bridgehead atoms. The Bertz CT molecular complexity index is 1550. The summed E-state index contributed by atoms with van der Waals surface area (Å²) in [5.74, 6) is -2.16. The second-order valence-corrected chi connectivity index (χ2v) is 18.4. The smallest absolute Gasteiger partial charge is 0.254 e. The van der Waals surface area contributed by atoms with E-state index in [1.807, 2.05) is 65.0 Å². The number of nitrogens with one attached hydrogen (secondary N) is 4. The zero-order chi connectivity index (χ0) is 39.2. The molecule has 5 amide bonds. The fraction of sp³-hybridized carbons (Fsp3) is 0.575. The van der Waals surface area contributed by atoms with Gasteiger partial charge in [0.1, 0.15) is 18.1 Å². The highest BCUT2D eigenvalue weighted by Gasteiger charge is 2.50. The Morgan fingerprint density at radius 2 is 1.38 bits per heavy atom. The molecule has 5 N–H and O–H groups in total. The lowest BCUT2D eigenvalue weighted by Gasteiger charge is -2.36. The van der Waals surface area contributed by atoms with Gasteiger partial charge in [-0.15, -0.1) is 11.8 Å². The van der Waals surface area contributed by atoms with Crippen molar-refractivity contribution in [3.63, 3.8) is 0 Å². The Labute approximate surface area is 313 Å². The van der Waals surface area contributed by atoms with Gasteiger partial charge in [0.25, 0.3) is 5.91 Å². The summed E-state index contributed by atoms with van der Waals surface area (Å²) < 4.78 is -0.631. The van der Waals surface area contributed by atoms with Gasteiger partial charge in [-0.1, -0.05) is 116 Å². The van der Waals surface area contributed by atoms with Crippen molar-refractivity contribution in [3.8, 4) is 0 Å². The number of hydrogen-bond donors (Lipinski definition) is 5. The van der Waals surface area contributed by atoms with E-state index in [-0.39, 0.29) is 36.1 Å². The predicted octanol–water partition coefficient (Wildman–Crippen LogP) is 4.35. The molecule has 1 unspecified atom stereocenters. The molecule has 1 heterocycles. The van der Waals surface area contributed by atoms with E-state index in [1.165, 1.54) is 16.7 Å². The second kappa shape index (κ2) is 17.3. The van der Waals surface area contributed by atoms with Gasteiger partial charge in [0.15, 0.2) is 6.10 Å². The van der Waals surface area contributed by atoms with E-state index < -0.39 is 63.6 Å². The van der Waals surface area contributed by atoms with Gasteiger partial charge in [-0.05, 0) is 49.7 Å². The van der Waals surface area contributed by atoms with Crippen LogP contribution in [0.2, 0.25) is 0 Å². The van der Waals surface area contributed by atoms with Crippen LogP contribution < -0.4 is 21.3 Å². The van der Waals surface area contributed by atoms with Crippen molar-refractivity contribution in [3.05, 3.63) is 71.8 Å². The number of carbonyl (C=O) groups excluding carboxylic acids is 5. The summed E-state index contributed by atoms with van der Waals surface area (Å²) in [5, 5.41) is 23.4. The summed E-state index contributed by atoms with van der Waals surface area (Å²) in [6.07, 6.45) is -1.61. The largest absolute Gasteiger partial charge is 0.381 e. The van der Waals surface area contributed by atoms with Gasteiger partial charge >= 0.3 is 0 Å². The van der Waals surface area contributed by atoms with Crippen molar-refractivity contribution in [2.45, 2.75) is 124 Å². The fourth-order valence-corrected chi connectivity index (χ4v) is 6.94. The molecule has 12 heteroatoms. The zero-order valence-corrected chi connectivity index (χ0v) is 33.4. The summed E-state index contributed by atoms with van der Waals surface area (Å²) in [5.41, 5.74) is -0.299. The molecule has 3 rings (SSSR count). The first-order valence-corrected chi connectivity index (χ1v) is 19.0. The highest BCUT2D eigenvalue weighted by atomic mass is 32.2. The quantitative estimate of drug-likeness (QED) is 0.205. The predicted molar refractivity (Wildman–Crippen MR) is 206 cm³/mol. The van der Waals surface area contributed by atoms with Crippen LogP contribution in [0.25, 0.3) is 0 Å². The minimum atomic E-state index is -1.71. The molecule has 0 radical (unpaired) electrons. The molecule has 0 aromatic heterocycles. The molecule has 1 aliphatic rings. The van der Waals surface area contributed by atoms with E-state index >= 15 is 0 Å². The first-order valence-electron chi connectivity index (χ1n) is 18.0. The number of nitrogens with zero attached hydrogens (tertiary/aromatic N) is 1. The molecular formula is C40H59N5O6S. The average Bonchev–Trinajstić information content (AvgIpc) is 3.39. The molecule has 0 aliphatic carbocycles. The maximum absolute atomic E-state index is 14.3. The Kier molecular flexibility index (Phi) is 14.1. The summed E-state index contributed by atoms with van der Waals surface area (Å²) in [6.45, 7) is 20.3. The lowest BCUT2D eigenvalue weighted by atomic mass is 9.85. The number of aliphatic hydroxyl groups excluding tert-OH is 1. The van der Waals surface area contributed by atoms with Crippen molar-refractivity contribution in [2.24, 2.45) is 16.7 Å². The van der Waals surface area contributed by atoms with Gasteiger partial charge < -0.3 is 31.3 Å². The number of rotatable bonds is 13. The molecule has 1 saturated heterocycles. The summed E-state index contributed by atoms with van der Waals surface area (Å²) in [7, 11) is 0. The van der Waals surface area contributed by atoms with E-state index in [0.717, 1.165) is 5.56 Å². The molecule has 1 aliphatic heterocycles. The molecule has 286 valence electrons. The number of benzene rings is 2. The second-order valence-electron chi connectivity index (χ2n) is 16.8. The highest BCUT2D eigenvalue weighted by molar-refractivity contribution is 8.00. The van der Waals surface area contributed by atoms with E-state index in [1.54, 1.807) is 71.9 Å². The van der Waals surface area contributed by atoms with Gasteiger partial charge in [0, 0.05) is 16.2 Å². The van der Waals surface area contributed by atoms with Crippen LogP contribution in [0.15, 0.2) is 60.7 Å². The Hall–Kier alpha value is -3.90. The number of carbonyl (C=O) groups is 5. The summed E-state index contributed by atoms with van der Waals surface area (Å²) >= 11 is 1.44. The zero-order valence-electron chi connectivity index (χ0n) is 32.6. The number of thioether (sulfide) groups is 1. The topological polar surface area (TPSA) is 157 Å². The van der Waals surface area contributed by atoms with Gasteiger partial charge in [-0.3, -0.25) is 24.0 Å². The van der Waals surface area contributed by atoms with Crippen LogP contribution in [0.4, 0.5) is 0 Å². The van der Waals surface area contributed by atoms with Gasteiger partial charge in [-0.2, -0.15) is 0 Å².